The lowest BCUT2D eigenvalue weighted by molar-refractivity contribution is 0.592. The van der Waals surface area contributed by atoms with Crippen molar-refractivity contribution < 1.29 is 8.42 Å². The molecule has 0 saturated heterocycles. The van der Waals surface area contributed by atoms with Crippen LogP contribution in [0, 0.1) is 0 Å². The van der Waals surface area contributed by atoms with Crippen LogP contribution in [-0.2, 0) is 22.9 Å². The Bertz CT molecular complexity index is 987. The molecule has 0 saturated carbocycles. The first-order chi connectivity index (χ1) is 13.6. The Kier molecular flexibility index (Phi) is 5.26. The monoisotopic (exact) mass is 398 g/mol. The van der Waals surface area contributed by atoms with E-state index in [1.54, 1.807) is 0 Å². The number of fused-ring (bicyclic) bond motifs is 2. The molecule has 0 radical (unpaired) electrons. The average Bonchev–Trinajstić information content (AvgIpc) is 3.32. The molecule has 0 fully saturated rings. The average molecular weight is 399 g/mol. The summed E-state index contributed by atoms with van der Waals surface area (Å²) in [7, 11) is -3.39. The van der Waals surface area contributed by atoms with Crippen molar-refractivity contribution in [2.24, 2.45) is 4.99 Å². The van der Waals surface area contributed by atoms with Gasteiger partial charge >= 0.3 is 0 Å². The summed E-state index contributed by atoms with van der Waals surface area (Å²) in [5.41, 5.74) is 4.36. The van der Waals surface area contributed by atoms with Gasteiger partial charge in [0.25, 0.3) is 0 Å². The maximum Gasteiger partial charge on any atom is 0.237 e. The molecule has 2 aliphatic heterocycles. The molecule has 148 valence electrons. The number of guanidine groups is 1. The zero-order valence-electron chi connectivity index (χ0n) is 16.1. The van der Waals surface area contributed by atoms with Crippen LogP contribution in [0.1, 0.15) is 18.1 Å². The van der Waals surface area contributed by atoms with E-state index in [0.717, 1.165) is 48.8 Å². The highest BCUT2D eigenvalue weighted by atomic mass is 32.2. The lowest BCUT2D eigenvalue weighted by Gasteiger charge is -2.23. The summed E-state index contributed by atoms with van der Waals surface area (Å²) >= 11 is 0. The second-order valence-corrected chi connectivity index (χ2v) is 9.05. The molecular formula is C21H26N4O2S. The van der Waals surface area contributed by atoms with E-state index in [0.29, 0.717) is 6.54 Å². The number of para-hydroxylation sites is 2. The first-order valence-corrected chi connectivity index (χ1v) is 11.4. The highest BCUT2D eigenvalue weighted by Gasteiger charge is 2.29. The summed E-state index contributed by atoms with van der Waals surface area (Å²) in [6.07, 6.45) is 1.75. The topological polar surface area (TPSA) is 65.0 Å². The van der Waals surface area contributed by atoms with Crippen LogP contribution in [0.3, 0.4) is 0 Å². The quantitative estimate of drug-likeness (QED) is 0.621. The standard InChI is InChI=1S/C21H26N4O2S/c1-2-22-21(24-14-11-17-7-3-5-9-19(17)24)23-13-16-28(26,27)25-15-12-18-8-4-6-10-20(18)25/h3-10H,2,11-16H2,1H3,(H,22,23). The van der Waals surface area contributed by atoms with E-state index < -0.39 is 10.0 Å². The van der Waals surface area contributed by atoms with Crippen LogP contribution in [0.5, 0.6) is 0 Å². The van der Waals surface area contributed by atoms with Gasteiger partial charge in [0.05, 0.1) is 18.0 Å². The Balaban J connectivity index is 1.48. The summed E-state index contributed by atoms with van der Waals surface area (Å²) in [5, 5.41) is 3.30. The van der Waals surface area contributed by atoms with Crippen LogP contribution in [0.25, 0.3) is 0 Å². The number of hydrogen-bond acceptors (Lipinski definition) is 3. The molecule has 0 bridgehead atoms. The van der Waals surface area contributed by atoms with Gasteiger partial charge in [0.1, 0.15) is 0 Å². The Morgan fingerprint density at radius 2 is 1.64 bits per heavy atom. The van der Waals surface area contributed by atoms with Gasteiger partial charge in [-0.25, -0.2) is 8.42 Å². The molecule has 0 amide bonds. The van der Waals surface area contributed by atoms with Crippen LogP contribution in [0.15, 0.2) is 53.5 Å². The fourth-order valence-corrected chi connectivity index (χ4v) is 5.32. The highest BCUT2D eigenvalue weighted by Crippen LogP contribution is 2.30. The molecule has 0 unspecified atom stereocenters. The molecular weight excluding hydrogens is 372 g/mol. The Labute approximate surface area is 166 Å². The molecule has 0 aromatic heterocycles. The molecule has 2 aliphatic rings. The van der Waals surface area contributed by atoms with E-state index in [9.17, 15) is 8.42 Å². The Morgan fingerprint density at radius 3 is 2.39 bits per heavy atom. The fraction of sp³-hybridized carbons (Fsp3) is 0.381. The van der Waals surface area contributed by atoms with E-state index in [1.807, 2.05) is 43.3 Å². The van der Waals surface area contributed by atoms with Gasteiger partial charge in [-0.1, -0.05) is 36.4 Å². The Hall–Kier alpha value is -2.54. The van der Waals surface area contributed by atoms with Gasteiger partial charge in [0, 0.05) is 25.3 Å². The molecule has 0 atom stereocenters. The zero-order valence-corrected chi connectivity index (χ0v) is 17.0. The Morgan fingerprint density at radius 1 is 1.00 bits per heavy atom. The third-order valence-electron chi connectivity index (χ3n) is 5.27. The molecule has 0 spiro atoms. The van der Waals surface area contributed by atoms with E-state index in [-0.39, 0.29) is 12.3 Å². The minimum absolute atomic E-state index is 0.00567. The number of rotatable bonds is 5. The highest BCUT2D eigenvalue weighted by molar-refractivity contribution is 7.92. The van der Waals surface area contributed by atoms with E-state index >= 15 is 0 Å². The van der Waals surface area contributed by atoms with E-state index in [1.165, 1.54) is 9.87 Å². The largest absolute Gasteiger partial charge is 0.356 e. The summed E-state index contributed by atoms with van der Waals surface area (Å²) in [6, 6.07) is 16.0. The zero-order chi connectivity index (χ0) is 19.6. The number of sulfonamides is 1. The van der Waals surface area contributed by atoms with Gasteiger partial charge in [0.2, 0.25) is 10.0 Å². The van der Waals surface area contributed by atoms with Crippen molar-refractivity contribution in [2.45, 2.75) is 19.8 Å². The summed E-state index contributed by atoms with van der Waals surface area (Å²) in [4.78, 5) is 6.78. The molecule has 7 heteroatoms. The first kappa shape index (κ1) is 18.8. The van der Waals surface area contributed by atoms with Crippen molar-refractivity contribution >= 4 is 27.4 Å². The lowest BCUT2D eigenvalue weighted by atomic mass is 10.2. The number of anilines is 2. The molecule has 2 aromatic rings. The maximum absolute atomic E-state index is 12.9. The van der Waals surface area contributed by atoms with Gasteiger partial charge in [-0.05, 0) is 43.0 Å². The minimum atomic E-state index is -3.39. The van der Waals surface area contributed by atoms with Gasteiger partial charge in [-0.2, -0.15) is 0 Å². The van der Waals surface area contributed by atoms with Gasteiger partial charge in [0.15, 0.2) is 5.96 Å². The van der Waals surface area contributed by atoms with Crippen LogP contribution >= 0.6 is 0 Å². The maximum atomic E-state index is 12.9. The first-order valence-electron chi connectivity index (χ1n) is 9.82. The predicted octanol–water partition coefficient (Wildman–Crippen LogP) is 2.41. The van der Waals surface area contributed by atoms with Crippen LogP contribution in [0.4, 0.5) is 11.4 Å². The fourth-order valence-electron chi connectivity index (χ4n) is 3.93. The third-order valence-corrected chi connectivity index (χ3v) is 7.02. The number of hydrogen-bond donors (Lipinski definition) is 1. The van der Waals surface area contributed by atoms with Crippen molar-refractivity contribution in [1.29, 1.82) is 0 Å². The summed E-state index contributed by atoms with van der Waals surface area (Å²) in [6.45, 7) is 4.38. The third kappa shape index (κ3) is 3.58. The van der Waals surface area contributed by atoms with Gasteiger partial charge < -0.3 is 10.2 Å². The van der Waals surface area contributed by atoms with Crippen LogP contribution in [-0.4, -0.2) is 46.3 Å². The molecule has 0 aliphatic carbocycles. The molecule has 2 aromatic carbocycles. The number of nitrogens with one attached hydrogen (secondary N) is 1. The second-order valence-electron chi connectivity index (χ2n) is 7.03. The second kappa shape index (κ2) is 7.83. The molecule has 2 heterocycles. The van der Waals surface area contributed by atoms with E-state index in [4.69, 9.17) is 0 Å². The summed E-state index contributed by atoms with van der Waals surface area (Å²) in [5.74, 6) is 0.760. The molecule has 4 rings (SSSR count). The SMILES string of the molecule is CCNC(=NCCS(=O)(=O)N1CCc2ccccc21)N1CCc2ccccc21. The van der Waals surface area contributed by atoms with Gasteiger partial charge in [-0.15, -0.1) is 0 Å². The van der Waals surface area contributed by atoms with Gasteiger partial charge in [-0.3, -0.25) is 9.30 Å². The predicted molar refractivity (Wildman–Crippen MR) is 115 cm³/mol. The number of nitrogens with zero attached hydrogens (tertiary/aromatic N) is 3. The lowest BCUT2D eigenvalue weighted by Crippen LogP contribution is -2.41. The van der Waals surface area contributed by atoms with Crippen molar-refractivity contribution in [3.8, 4) is 0 Å². The molecule has 1 N–H and O–H groups in total. The number of benzene rings is 2. The van der Waals surface area contributed by atoms with Crippen LogP contribution in [0.2, 0.25) is 0 Å². The summed E-state index contributed by atoms with van der Waals surface area (Å²) < 4.78 is 27.3. The smallest absolute Gasteiger partial charge is 0.237 e. The van der Waals surface area contributed by atoms with Crippen molar-refractivity contribution in [2.75, 3.05) is 41.1 Å². The molecule has 28 heavy (non-hydrogen) atoms. The number of aliphatic imine (C=N–C) groups is 1. The van der Waals surface area contributed by atoms with Crippen molar-refractivity contribution in [3.05, 3.63) is 59.7 Å². The van der Waals surface area contributed by atoms with Crippen LogP contribution < -0.4 is 14.5 Å². The minimum Gasteiger partial charge on any atom is -0.356 e. The van der Waals surface area contributed by atoms with E-state index in [2.05, 4.69) is 27.3 Å². The molecule has 6 nitrogen and oxygen atoms in total. The van der Waals surface area contributed by atoms with Crippen molar-refractivity contribution in [1.82, 2.24) is 5.32 Å². The normalized spacial score (nSPS) is 16.2. The van der Waals surface area contributed by atoms with Crippen molar-refractivity contribution in [3.63, 3.8) is 0 Å².